The van der Waals surface area contributed by atoms with Crippen molar-refractivity contribution < 1.29 is 19.1 Å². The number of fused-ring (bicyclic) bond motifs is 1. The normalized spacial score (nSPS) is 17.5. The number of ether oxygens (including phenoxy) is 1. The molecule has 0 radical (unpaired) electrons. The zero-order valence-corrected chi connectivity index (χ0v) is 13.7. The van der Waals surface area contributed by atoms with Crippen LogP contribution in [0, 0.1) is 0 Å². The van der Waals surface area contributed by atoms with Crippen molar-refractivity contribution in [3.63, 3.8) is 0 Å². The Labute approximate surface area is 141 Å². The number of benzene rings is 1. The quantitative estimate of drug-likeness (QED) is 0.862. The van der Waals surface area contributed by atoms with Crippen molar-refractivity contribution in [2.45, 2.75) is 38.5 Å². The third kappa shape index (κ3) is 3.93. The monoisotopic (exact) mass is 330 g/mol. The second-order valence-electron chi connectivity index (χ2n) is 6.29. The summed E-state index contributed by atoms with van der Waals surface area (Å²) in [5.41, 5.74) is 2.07. The van der Waals surface area contributed by atoms with Crippen molar-refractivity contribution in [1.29, 1.82) is 0 Å². The van der Waals surface area contributed by atoms with E-state index in [9.17, 15) is 14.4 Å². The SMILES string of the molecule is O=C1CCc2cc(C(=O)OCC(=O)N3CCCCCC3)ccc2N1. The molecule has 1 saturated heterocycles. The zero-order valence-electron chi connectivity index (χ0n) is 13.7. The average Bonchev–Trinajstić information content (AvgIpc) is 2.88. The minimum absolute atomic E-state index is 0.0131. The maximum Gasteiger partial charge on any atom is 0.338 e. The number of carbonyl (C=O) groups is 3. The van der Waals surface area contributed by atoms with Crippen molar-refractivity contribution in [2.75, 3.05) is 25.0 Å². The molecule has 1 aromatic carbocycles. The summed E-state index contributed by atoms with van der Waals surface area (Å²) in [5.74, 6) is -0.644. The molecule has 0 aromatic heterocycles. The summed E-state index contributed by atoms with van der Waals surface area (Å²) in [4.78, 5) is 37.5. The van der Waals surface area contributed by atoms with E-state index in [-0.39, 0.29) is 18.4 Å². The number of hydrogen-bond donors (Lipinski definition) is 1. The molecule has 1 aromatic rings. The number of rotatable bonds is 3. The fourth-order valence-electron chi connectivity index (χ4n) is 3.13. The fourth-order valence-corrected chi connectivity index (χ4v) is 3.13. The average molecular weight is 330 g/mol. The van der Waals surface area contributed by atoms with Gasteiger partial charge in [0.1, 0.15) is 0 Å². The van der Waals surface area contributed by atoms with Crippen LogP contribution in [0.4, 0.5) is 5.69 Å². The highest BCUT2D eigenvalue weighted by atomic mass is 16.5. The number of anilines is 1. The predicted molar refractivity (Wildman–Crippen MR) is 88.7 cm³/mol. The second-order valence-corrected chi connectivity index (χ2v) is 6.29. The molecule has 6 nitrogen and oxygen atoms in total. The minimum atomic E-state index is -0.502. The van der Waals surface area contributed by atoms with Crippen LogP contribution in [-0.2, 0) is 20.7 Å². The number of likely N-dealkylation sites (tertiary alicyclic amines) is 1. The number of esters is 1. The molecule has 6 heteroatoms. The Morgan fingerprint density at radius 2 is 1.83 bits per heavy atom. The summed E-state index contributed by atoms with van der Waals surface area (Å²) >= 11 is 0. The first-order chi connectivity index (χ1) is 11.6. The number of amides is 2. The summed E-state index contributed by atoms with van der Waals surface area (Å²) in [6.07, 6.45) is 5.34. The molecule has 1 N–H and O–H groups in total. The zero-order chi connectivity index (χ0) is 16.9. The van der Waals surface area contributed by atoms with E-state index in [0.717, 1.165) is 50.0 Å². The van der Waals surface area contributed by atoms with Gasteiger partial charge in [-0.1, -0.05) is 12.8 Å². The van der Waals surface area contributed by atoms with Gasteiger partial charge in [0.15, 0.2) is 6.61 Å². The molecule has 2 aliphatic heterocycles. The molecule has 0 unspecified atom stereocenters. The van der Waals surface area contributed by atoms with E-state index in [0.29, 0.717) is 18.4 Å². The van der Waals surface area contributed by atoms with Crippen molar-refractivity contribution in [1.82, 2.24) is 4.90 Å². The highest BCUT2D eigenvalue weighted by Gasteiger charge is 2.20. The predicted octanol–water partition coefficient (Wildman–Crippen LogP) is 2.13. The molecular weight excluding hydrogens is 308 g/mol. The van der Waals surface area contributed by atoms with E-state index in [1.807, 2.05) is 0 Å². The Morgan fingerprint density at radius 1 is 1.08 bits per heavy atom. The van der Waals surface area contributed by atoms with E-state index in [4.69, 9.17) is 4.74 Å². The van der Waals surface area contributed by atoms with Crippen LogP contribution in [-0.4, -0.2) is 42.4 Å². The van der Waals surface area contributed by atoms with Gasteiger partial charge in [0.2, 0.25) is 5.91 Å². The van der Waals surface area contributed by atoms with Gasteiger partial charge in [-0.25, -0.2) is 4.79 Å². The number of hydrogen-bond acceptors (Lipinski definition) is 4. The summed E-state index contributed by atoms with van der Waals surface area (Å²) < 4.78 is 5.18. The molecule has 0 atom stereocenters. The Bertz CT molecular complexity index is 648. The summed E-state index contributed by atoms with van der Waals surface area (Å²) in [7, 11) is 0. The van der Waals surface area contributed by atoms with Crippen LogP contribution in [0.3, 0.4) is 0 Å². The van der Waals surface area contributed by atoms with Crippen LogP contribution >= 0.6 is 0 Å². The van der Waals surface area contributed by atoms with E-state index in [1.165, 1.54) is 0 Å². The first kappa shape index (κ1) is 16.5. The van der Waals surface area contributed by atoms with E-state index < -0.39 is 5.97 Å². The maximum atomic E-state index is 12.2. The van der Waals surface area contributed by atoms with Gasteiger partial charge in [-0.2, -0.15) is 0 Å². The molecule has 24 heavy (non-hydrogen) atoms. The number of nitrogens with one attached hydrogen (secondary N) is 1. The van der Waals surface area contributed by atoms with Gasteiger partial charge in [-0.15, -0.1) is 0 Å². The highest BCUT2D eigenvalue weighted by Crippen LogP contribution is 2.23. The van der Waals surface area contributed by atoms with Crippen LogP contribution in [0.1, 0.15) is 48.0 Å². The highest BCUT2D eigenvalue weighted by molar-refractivity contribution is 5.96. The first-order valence-corrected chi connectivity index (χ1v) is 8.51. The molecule has 128 valence electrons. The van der Waals surface area contributed by atoms with Crippen molar-refractivity contribution in [3.8, 4) is 0 Å². The van der Waals surface area contributed by atoms with Crippen LogP contribution in [0.5, 0.6) is 0 Å². The standard InChI is InChI=1S/C18H22N2O4/c21-16-8-6-13-11-14(5-7-15(13)19-16)18(23)24-12-17(22)20-9-3-1-2-4-10-20/h5,7,11H,1-4,6,8-10,12H2,(H,19,21). The van der Waals surface area contributed by atoms with Crippen LogP contribution in [0.25, 0.3) is 0 Å². The summed E-state index contributed by atoms with van der Waals surface area (Å²) in [6.45, 7) is 1.27. The van der Waals surface area contributed by atoms with Crippen LogP contribution in [0.2, 0.25) is 0 Å². The number of nitrogens with zero attached hydrogens (tertiary/aromatic N) is 1. The lowest BCUT2D eigenvalue weighted by atomic mass is 10.0. The molecule has 2 amide bonds. The number of carbonyl (C=O) groups excluding carboxylic acids is 3. The fraction of sp³-hybridized carbons (Fsp3) is 0.500. The third-order valence-corrected chi connectivity index (χ3v) is 4.52. The lowest BCUT2D eigenvalue weighted by Crippen LogP contribution is -2.35. The van der Waals surface area contributed by atoms with Gasteiger partial charge in [0, 0.05) is 25.2 Å². The molecule has 0 spiro atoms. The smallest absolute Gasteiger partial charge is 0.338 e. The largest absolute Gasteiger partial charge is 0.452 e. The lowest BCUT2D eigenvalue weighted by molar-refractivity contribution is -0.134. The maximum absolute atomic E-state index is 12.2. The Morgan fingerprint density at radius 3 is 2.58 bits per heavy atom. The summed E-state index contributed by atoms with van der Waals surface area (Å²) in [5, 5.41) is 2.77. The topological polar surface area (TPSA) is 75.7 Å². The molecule has 1 fully saturated rings. The Kier molecular flexibility index (Phi) is 5.13. The van der Waals surface area contributed by atoms with Gasteiger partial charge in [-0.05, 0) is 43.0 Å². The summed E-state index contributed by atoms with van der Waals surface area (Å²) in [6, 6.07) is 5.05. The van der Waals surface area contributed by atoms with Gasteiger partial charge in [0.25, 0.3) is 5.91 Å². The number of aryl methyl sites for hydroxylation is 1. The molecule has 2 heterocycles. The molecule has 0 aliphatic carbocycles. The van der Waals surface area contributed by atoms with Crippen LogP contribution < -0.4 is 5.32 Å². The molecule has 0 bridgehead atoms. The lowest BCUT2D eigenvalue weighted by Gasteiger charge is -2.20. The van der Waals surface area contributed by atoms with Crippen molar-refractivity contribution >= 4 is 23.5 Å². The van der Waals surface area contributed by atoms with Gasteiger partial charge >= 0.3 is 5.97 Å². The molecule has 0 saturated carbocycles. The molecular formula is C18H22N2O4. The van der Waals surface area contributed by atoms with Crippen LogP contribution in [0.15, 0.2) is 18.2 Å². The molecule has 3 rings (SSSR count). The van der Waals surface area contributed by atoms with E-state index in [1.54, 1.807) is 23.1 Å². The Hall–Kier alpha value is -2.37. The van der Waals surface area contributed by atoms with Gasteiger partial charge in [0.05, 0.1) is 5.56 Å². The Balaban J connectivity index is 1.57. The van der Waals surface area contributed by atoms with E-state index >= 15 is 0 Å². The second kappa shape index (κ2) is 7.47. The van der Waals surface area contributed by atoms with Crippen molar-refractivity contribution in [3.05, 3.63) is 29.3 Å². The third-order valence-electron chi connectivity index (χ3n) is 4.52. The van der Waals surface area contributed by atoms with Crippen molar-refractivity contribution in [2.24, 2.45) is 0 Å². The molecule has 2 aliphatic rings. The first-order valence-electron chi connectivity index (χ1n) is 8.51. The van der Waals surface area contributed by atoms with Gasteiger partial charge in [-0.3, -0.25) is 9.59 Å². The minimum Gasteiger partial charge on any atom is -0.452 e. The van der Waals surface area contributed by atoms with E-state index in [2.05, 4.69) is 5.32 Å². The van der Waals surface area contributed by atoms with Gasteiger partial charge < -0.3 is 15.0 Å².